The molecule has 2 aliphatic rings. The zero-order valence-corrected chi connectivity index (χ0v) is 33.9. The number of hydrogen-bond donors (Lipinski definition) is 0. The van der Waals surface area contributed by atoms with Gasteiger partial charge in [-0.05, 0) is 50.2 Å². The fraction of sp³-hybridized carbons (Fsp3) is 0.362. The molecule has 1 unspecified atom stereocenters. The molecule has 7 rings (SSSR count). The lowest BCUT2D eigenvalue weighted by molar-refractivity contribution is -0.235. The fourth-order valence-corrected chi connectivity index (χ4v) is 13.3. The first-order valence-corrected chi connectivity index (χ1v) is 21.7. The maximum atomic E-state index is 7.44. The molecule has 5 atom stereocenters. The van der Waals surface area contributed by atoms with Gasteiger partial charge in [0.05, 0.1) is 43.7 Å². The predicted octanol–water partition coefficient (Wildman–Crippen LogP) is 10.0. The smallest absolute Gasteiger partial charge is 0.261 e. The molecule has 0 radical (unpaired) electrons. The molecule has 0 bridgehead atoms. The van der Waals surface area contributed by atoms with E-state index in [-0.39, 0.29) is 29.3 Å². The highest BCUT2D eigenvalue weighted by Gasteiger charge is 2.51. The molecule has 0 amide bonds. The molecule has 54 heavy (non-hydrogen) atoms. The van der Waals surface area contributed by atoms with Gasteiger partial charge >= 0.3 is 0 Å². The first-order valence-electron chi connectivity index (χ1n) is 19.4. The highest BCUT2D eigenvalue weighted by molar-refractivity contribution is 6.99. The summed E-state index contributed by atoms with van der Waals surface area (Å²) in [5.74, 6) is 0.833. The van der Waals surface area contributed by atoms with Crippen molar-refractivity contribution in [3.05, 3.63) is 160 Å². The molecule has 2 heterocycles. The van der Waals surface area contributed by atoms with Crippen LogP contribution in [0.1, 0.15) is 75.0 Å². The summed E-state index contributed by atoms with van der Waals surface area (Å²) in [6, 6.07) is 44.4. The van der Waals surface area contributed by atoms with Crippen LogP contribution in [0.2, 0.25) is 10.1 Å². The highest BCUT2D eigenvalue weighted by atomic mass is 35.5. The van der Waals surface area contributed by atoms with Crippen LogP contribution in [0.15, 0.2) is 127 Å². The van der Waals surface area contributed by atoms with E-state index >= 15 is 0 Å². The molecule has 0 spiro atoms. The van der Waals surface area contributed by atoms with E-state index in [1.807, 2.05) is 24.3 Å². The summed E-state index contributed by atoms with van der Waals surface area (Å²) >= 11 is 7.32. The van der Waals surface area contributed by atoms with Gasteiger partial charge in [-0.2, -0.15) is 0 Å². The third-order valence-corrected chi connectivity index (χ3v) is 16.6. The summed E-state index contributed by atoms with van der Waals surface area (Å²) < 4.78 is 34.8. The molecule has 1 fully saturated rings. The van der Waals surface area contributed by atoms with Crippen LogP contribution in [0.4, 0.5) is 0 Å². The van der Waals surface area contributed by atoms with Crippen molar-refractivity contribution >= 4 is 30.3 Å². The van der Waals surface area contributed by atoms with E-state index in [0.29, 0.717) is 31.5 Å². The Hall–Kier alpha value is -3.75. The summed E-state index contributed by atoms with van der Waals surface area (Å²) in [5, 5.41) is 2.87. The molecule has 0 N–H and O–H groups in total. The Morgan fingerprint density at radius 2 is 1.24 bits per heavy atom. The van der Waals surface area contributed by atoms with Crippen molar-refractivity contribution in [1.82, 2.24) is 0 Å². The molecule has 7 heteroatoms. The maximum absolute atomic E-state index is 7.44. The first kappa shape index (κ1) is 38.5. The largest absolute Gasteiger partial charge is 0.491 e. The van der Waals surface area contributed by atoms with Gasteiger partial charge in [0.1, 0.15) is 18.0 Å². The van der Waals surface area contributed by atoms with E-state index in [0.717, 1.165) is 46.4 Å². The predicted molar refractivity (Wildman–Crippen MR) is 220 cm³/mol. The van der Waals surface area contributed by atoms with Crippen molar-refractivity contribution < 1.29 is 23.4 Å². The molecule has 1 saturated heterocycles. The van der Waals surface area contributed by atoms with Crippen LogP contribution in [0.3, 0.4) is 0 Å². The second-order valence-corrected chi connectivity index (χ2v) is 20.4. The average molecular weight is 761 g/mol. The molecule has 0 aromatic heterocycles. The van der Waals surface area contributed by atoms with Crippen molar-refractivity contribution in [1.29, 1.82) is 0 Å². The van der Waals surface area contributed by atoms with Crippen LogP contribution in [0.5, 0.6) is 5.75 Å². The van der Waals surface area contributed by atoms with Gasteiger partial charge in [0.25, 0.3) is 8.32 Å². The Bertz CT molecular complexity index is 1910. The minimum absolute atomic E-state index is 0.0298. The van der Waals surface area contributed by atoms with Crippen LogP contribution >= 0.6 is 11.6 Å². The number of fused-ring (bicyclic) bond motifs is 1. The van der Waals surface area contributed by atoms with E-state index in [9.17, 15) is 0 Å². The number of benzene rings is 5. The maximum Gasteiger partial charge on any atom is 0.261 e. The van der Waals surface area contributed by atoms with E-state index < -0.39 is 14.4 Å². The van der Waals surface area contributed by atoms with Crippen LogP contribution in [0, 0.1) is 5.92 Å². The lowest BCUT2D eigenvalue weighted by Crippen LogP contribution is -2.66. The molecule has 5 nitrogen and oxygen atoms in total. The normalized spacial score (nSPS) is 21.4. The van der Waals surface area contributed by atoms with Gasteiger partial charge < -0.3 is 23.4 Å². The molecular weight excluding hydrogens is 708 g/mol. The zero-order chi connectivity index (χ0) is 37.7. The van der Waals surface area contributed by atoms with Gasteiger partial charge in [0.2, 0.25) is 0 Å². The van der Waals surface area contributed by atoms with E-state index in [4.69, 9.17) is 35.0 Å². The first-order chi connectivity index (χ1) is 26.2. The summed E-state index contributed by atoms with van der Waals surface area (Å²) in [7, 11) is -2.86. The second kappa shape index (κ2) is 16.9. The summed E-state index contributed by atoms with van der Waals surface area (Å²) in [5.41, 5.74) is 5.25. The van der Waals surface area contributed by atoms with Gasteiger partial charge in [-0.25, -0.2) is 0 Å². The quantitative estimate of drug-likeness (QED) is 0.112. The van der Waals surface area contributed by atoms with Crippen molar-refractivity contribution in [3.63, 3.8) is 0 Å². The zero-order valence-electron chi connectivity index (χ0n) is 32.2. The Morgan fingerprint density at radius 3 is 1.76 bits per heavy atom. The Labute approximate surface area is 327 Å². The molecule has 0 aliphatic carbocycles. The van der Waals surface area contributed by atoms with Gasteiger partial charge in [0, 0.05) is 17.9 Å². The van der Waals surface area contributed by atoms with Gasteiger partial charge in [-0.15, -0.1) is 0 Å². The molecule has 5 aromatic rings. The van der Waals surface area contributed by atoms with Crippen molar-refractivity contribution in [2.24, 2.45) is 5.92 Å². The number of ether oxygens (including phenoxy) is 4. The Kier molecular flexibility index (Phi) is 12.1. The summed E-state index contributed by atoms with van der Waals surface area (Å²) in [6.07, 6.45) is 0.552. The van der Waals surface area contributed by atoms with Crippen LogP contribution in [0.25, 0.3) is 0 Å². The van der Waals surface area contributed by atoms with Gasteiger partial charge in [-0.3, -0.25) is 0 Å². The molecule has 2 aliphatic heterocycles. The second-order valence-electron chi connectivity index (χ2n) is 15.7. The number of rotatable bonds is 13. The van der Waals surface area contributed by atoms with Crippen molar-refractivity contribution in [3.8, 4) is 5.75 Å². The minimum Gasteiger partial charge on any atom is -0.491 e. The molecular formula is C47H53ClO5Si. The SMILES string of the molecule is CC[C@H]1OC(c2cc(CO[Si](c3ccccc3)(c3ccccc3)C(C)(C)C)c(Cl)c3c2CCO3)[C@H](OCc2ccccc2)[C@@H](OCc2ccccc2)[C@@H]1C. The lowest BCUT2D eigenvalue weighted by atomic mass is 9.82. The molecule has 0 saturated carbocycles. The summed E-state index contributed by atoms with van der Waals surface area (Å²) in [6.45, 7) is 13.1. The highest BCUT2D eigenvalue weighted by Crippen LogP contribution is 2.48. The third kappa shape index (κ3) is 7.83. The van der Waals surface area contributed by atoms with E-state index in [1.54, 1.807) is 0 Å². The number of hydrogen-bond acceptors (Lipinski definition) is 5. The fourth-order valence-electron chi connectivity index (χ4n) is 8.47. The molecule has 282 valence electrons. The van der Waals surface area contributed by atoms with Crippen LogP contribution in [-0.2, 0) is 44.9 Å². The van der Waals surface area contributed by atoms with E-state index in [1.165, 1.54) is 10.4 Å². The van der Waals surface area contributed by atoms with E-state index in [2.05, 4.69) is 138 Å². The monoisotopic (exact) mass is 760 g/mol. The van der Waals surface area contributed by atoms with Crippen LogP contribution < -0.4 is 15.1 Å². The third-order valence-electron chi connectivity index (χ3n) is 11.2. The standard InChI is InChI=1S/C47H53ClO5Si/c1-6-41-33(2)43(50-30-34-19-11-7-12-20-34)46(51-31-35-21-13-8-14-22-35)45(53-41)40-29-36(42(48)44-39(40)27-28-49-44)32-52-54(47(3,4)5,37-23-15-9-16-24-37)38-25-17-10-18-26-38/h7-26,29,33,41,43,45-46H,6,27-28,30-32H2,1-5H3/t33-,41-,43+,45?,46-/m1/s1. The van der Waals surface area contributed by atoms with Gasteiger partial charge in [0.15, 0.2) is 0 Å². The average Bonchev–Trinajstić information content (AvgIpc) is 3.70. The molecule has 5 aromatic carbocycles. The van der Waals surface area contributed by atoms with Crippen molar-refractivity contribution in [2.45, 2.75) is 96.7 Å². The lowest BCUT2D eigenvalue weighted by Gasteiger charge is -2.46. The van der Waals surface area contributed by atoms with Crippen molar-refractivity contribution in [2.75, 3.05) is 6.61 Å². The topological polar surface area (TPSA) is 46.2 Å². The minimum atomic E-state index is -2.86. The Morgan fingerprint density at radius 1 is 0.722 bits per heavy atom. The van der Waals surface area contributed by atoms with Gasteiger partial charge in [-0.1, -0.05) is 168 Å². The van der Waals surface area contributed by atoms with Crippen LogP contribution in [-0.4, -0.2) is 33.2 Å². The summed E-state index contributed by atoms with van der Waals surface area (Å²) in [4.78, 5) is 0. The number of halogens is 1. The Balaban J connectivity index is 1.30.